The summed E-state index contributed by atoms with van der Waals surface area (Å²) in [7, 11) is 3.39. The molecule has 3 aromatic rings. The number of hydrogen-bond acceptors (Lipinski definition) is 7. The molecule has 1 heterocycles. The first kappa shape index (κ1) is 25.8. The fourth-order valence-corrected chi connectivity index (χ4v) is 4.09. The molecule has 2 aromatic carbocycles. The Labute approximate surface area is 206 Å². The van der Waals surface area contributed by atoms with Crippen LogP contribution in [0.3, 0.4) is 0 Å². The van der Waals surface area contributed by atoms with E-state index >= 15 is 0 Å². The van der Waals surface area contributed by atoms with Crippen LogP contribution in [-0.4, -0.2) is 39.6 Å². The standard InChI is InChI=1S/C19H20Cl3N5O2S.ClH/c1-27-19(24-25-26-27)30-6-5-23-10-12-7-16(22)18(17(8-12)28-2)29-11-13-3-4-14(20)9-15(13)21;/h3-4,7-9,23H,5-6,10-11H2,1-2H3;1H. The van der Waals surface area contributed by atoms with Crippen LogP contribution in [0.2, 0.25) is 15.1 Å². The van der Waals surface area contributed by atoms with Gasteiger partial charge >= 0.3 is 0 Å². The molecular weight excluding hydrogens is 504 g/mol. The summed E-state index contributed by atoms with van der Waals surface area (Å²) in [6.45, 7) is 1.67. The molecule has 1 aromatic heterocycles. The minimum absolute atomic E-state index is 0. The summed E-state index contributed by atoms with van der Waals surface area (Å²) in [6, 6.07) is 9.01. The van der Waals surface area contributed by atoms with Gasteiger partial charge in [-0.3, -0.25) is 0 Å². The van der Waals surface area contributed by atoms with Gasteiger partial charge in [-0.05, 0) is 40.3 Å². The largest absolute Gasteiger partial charge is 0.493 e. The zero-order valence-electron chi connectivity index (χ0n) is 16.8. The summed E-state index contributed by atoms with van der Waals surface area (Å²) in [5.74, 6) is 1.87. The van der Waals surface area contributed by atoms with Gasteiger partial charge in [0.15, 0.2) is 11.5 Å². The van der Waals surface area contributed by atoms with Gasteiger partial charge in [0.25, 0.3) is 0 Å². The van der Waals surface area contributed by atoms with E-state index in [1.54, 1.807) is 35.7 Å². The van der Waals surface area contributed by atoms with Crippen LogP contribution in [0.15, 0.2) is 35.5 Å². The van der Waals surface area contributed by atoms with E-state index in [-0.39, 0.29) is 19.0 Å². The van der Waals surface area contributed by atoms with Crippen molar-refractivity contribution in [3.63, 3.8) is 0 Å². The lowest BCUT2D eigenvalue weighted by atomic mass is 10.2. The molecule has 0 aliphatic rings. The van der Waals surface area contributed by atoms with Crippen molar-refractivity contribution >= 4 is 59.0 Å². The molecule has 0 radical (unpaired) electrons. The van der Waals surface area contributed by atoms with Crippen molar-refractivity contribution in [3.05, 3.63) is 56.5 Å². The summed E-state index contributed by atoms with van der Waals surface area (Å²) in [5.41, 5.74) is 1.79. The lowest BCUT2D eigenvalue weighted by molar-refractivity contribution is 0.284. The molecule has 1 N–H and O–H groups in total. The molecule has 168 valence electrons. The second-order valence-electron chi connectivity index (χ2n) is 6.24. The Hall–Kier alpha value is -1.42. The van der Waals surface area contributed by atoms with Crippen LogP contribution in [0.25, 0.3) is 0 Å². The Morgan fingerprint density at radius 3 is 2.61 bits per heavy atom. The summed E-state index contributed by atoms with van der Waals surface area (Å²) in [4.78, 5) is 0. The molecule has 7 nitrogen and oxygen atoms in total. The number of methoxy groups -OCH3 is 1. The van der Waals surface area contributed by atoms with Gasteiger partial charge < -0.3 is 14.8 Å². The molecule has 0 fully saturated rings. The first-order valence-electron chi connectivity index (χ1n) is 8.97. The first-order chi connectivity index (χ1) is 14.5. The molecule has 0 bridgehead atoms. The van der Waals surface area contributed by atoms with Crippen molar-refractivity contribution in [2.75, 3.05) is 19.4 Å². The van der Waals surface area contributed by atoms with Gasteiger partial charge in [0, 0.05) is 41.5 Å². The maximum Gasteiger partial charge on any atom is 0.209 e. The van der Waals surface area contributed by atoms with Gasteiger partial charge in [0.05, 0.1) is 12.1 Å². The Morgan fingerprint density at radius 1 is 1.13 bits per heavy atom. The van der Waals surface area contributed by atoms with E-state index < -0.39 is 0 Å². The van der Waals surface area contributed by atoms with Gasteiger partial charge in [-0.25, -0.2) is 4.68 Å². The number of aryl methyl sites for hydroxylation is 1. The highest BCUT2D eigenvalue weighted by atomic mass is 35.5. The monoisotopic (exact) mass is 523 g/mol. The summed E-state index contributed by atoms with van der Waals surface area (Å²) in [5, 5.41) is 17.1. The number of nitrogens with one attached hydrogen (secondary N) is 1. The number of aromatic nitrogens is 4. The van der Waals surface area contributed by atoms with Crippen molar-refractivity contribution < 1.29 is 9.47 Å². The Bertz CT molecular complexity index is 1010. The maximum atomic E-state index is 6.45. The summed E-state index contributed by atoms with van der Waals surface area (Å²) in [6.07, 6.45) is 0. The third kappa shape index (κ3) is 7.30. The lowest BCUT2D eigenvalue weighted by Crippen LogP contribution is -2.17. The molecule has 31 heavy (non-hydrogen) atoms. The van der Waals surface area contributed by atoms with Crippen LogP contribution in [0.1, 0.15) is 11.1 Å². The zero-order valence-corrected chi connectivity index (χ0v) is 20.7. The second-order valence-corrected chi connectivity index (χ2v) is 8.56. The van der Waals surface area contributed by atoms with E-state index in [1.165, 1.54) is 0 Å². The normalized spacial score (nSPS) is 10.6. The van der Waals surface area contributed by atoms with Crippen LogP contribution in [0, 0.1) is 0 Å². The summed E-state index contributed by atoms with van der Waals surface area (Å²) < 4.78 is 13.0. The Balaban J connectivity index is 0.00000341. The minimum atomic E-state index is 0. The van der Waals surface area contributed by atoms with E-state index in [4.69, 9.17) is 44.3 Å². The predicted octanol–water partition coefficient (Wildman–Crippen LogP) is 5.06. The van der Waals surface area contributed by atoms with Crippen molar-refractivity contribution in [2.45, 2.75) is 18.3 Å². The van der Waals surface area contributed by atoms with Gasteiger partial charge in [0.1, 0.15) is 6.61 Å². The molecular formula is C19H21Cl4N5O2S. The SMILES string of the molecule is COc1cc(CNCCSc2nnnn2C)cc(Cl)c1OCc1ccc(Cl)cc1Cl.Cl. The average Bonchev–Trinajstić information content (AvgIpc) is 3.12. The fourth-order valence-electron chi connectivity index (χ4n) is 2.59. The first-order valence-corrected chi connectivity index (χ1v) is 11.1. The second kappa shape index (κ2) is 12.6. The average molecular weight is 525 g/mol. The van der Waals surface area contributed by atoms with E-state index in [0.717, 1.165) is 28.6 Å². The molecule has 0 saturated heterocycles. The molecule has 0 atom stereocenters. The van der Waals surface area contributed by atoms with Crippen molar-refractivity contribution in [1.29, 1.82) is 0 Å². The predicted molar refractivity (Wildman–Crippen MR) is 127 cm³/mol. The molecule has 0 amide bonds. The number of tetrazole rings is 1. The fraction of sp³-hybridized carbons (Fsp3) is 0.316. The minimum Gasteiger partial charge on any atom is -0.493 e. The third-order valence-corrected chi connectivity index (χ3v) is 5.98. The van der Waals surface area contributed by atoms with Crippen LogP contribution < -0.4 is 14.8 Å². The molecule has 0 aliphatic carbocycles. The van der Waals surface area contributed by atoms with E-state index in [9.17, 15) is 0 Å². The topological polar surface area (TPSA) is 74.1 Å². The highest BCUT2D eigenvalue weighted by molar-refractivity contribution is 7.99. The van der Waals surface area contributed by atoms with Crippen molar-refractivity contribution in [1.82, 2.24) is 25.5 Å². The zero-order chi connectivity index (χ0) is 21.5. The quantitative estimate of drug-likeness (QED) is 0.293. The van der Waals surface area contributed by atoms with Gasteiger partial charge in [-0.1, -0.05) is 52.6 Å². The van der Waals surface area contributed by atoms with E-state index in [0.29, 0.717) is 33.1 Å². The molecule has 12 heteroatoms. The van der Waals surface area contributed by atoms with Gasteiger partial charge in [-0.15, -0.1) is 17.5 Å². The number of halogens is 4. The van der Waals surface area contributed by atoms with Crippen molar-refractivity contribution in [2.24, 2.45) is 7.05 Å². The van der Waals surface area contributed by atoms with Gasteiger partial charge in [0.2, 0.25) is 5.16 Å². The van der Waals surface area contributed by atoms with E-state index in [1.807, 2.05) is 25.2 Å². The highest BCUT2D eigenvalue weighted by Gasteiger charge is 2.13. The van der Waals surface area contributed by atoms with Crippen molar-refractivity contribution in [3.8, 4) is 11.5 Å². The maximum absolute atomic E-state index is 6.45. The molecule has 0 unspecified atom stereocenters. The van der Waals surface area contributed by atoms with Crippen LogP contribution in [0.5, 0.6) is 11.5 Å². The van der Waals surface area contributed by atoms with E-state index in [2.05, 4.69) is 20.8 Å². The highest BCUT2D eigenvalue weighted by Crippen LogP contribution is 2.37. The van der Waals surface area contributed by atoms with Crippen LogP contribution in [-0.2, 0) is 20.2 Å². The van der Waals surface area contributed by atoms with Crippen LogP contribution in [0.4, 0.5) is 0 Å². The number of hydrogen-bond donors (Lipinski definition) is 1. The number of thioether (sulfide) groups is 1. The summed E-state index contributed by atoms with van der Waals surface area (Å²) >= 11 is 20.2. The third-order valence-electron chi connectivity index (χ3n) is 4.10. The van der Waals surface area contributed by atoms with Crippen LogP contribution >= 0.6 is 59.0 Å². The number of nitrogens with zero attached hydrogens (tertiary/aromatic N) is 4. The lowest BCUT2D eigenvalue weighted by Gasteiger charge is -2.15. The number of rotatable bonds is 10. The molecule has 3 rings (SSSR count). The smallest absolute Gasteiger partial charge is 0.209 e. The molecule has 0 spiro atoms. The number of benzene rings is 2. The Kier molecular flexibility index (Phi) is 10.5. The molecule has 0 saturated carbocycles. The Morgan fingerprint density at radius 2 is 1.94 bits per heavy atom. The molecule has 0 aliphatic heterocycles. The van der Waals surface area contributed by atoms with Gasteiger partial charge in [-0.2, -0.15) is 0 Å². The number of ether oxygens (including phenoxy) is 2.